The monoisotopic (exact) mass is 332 g/mol. The number of rotatable bonds is 5. The molecule has 0 bridgehead atoms. The number of benzene rings is 1. The van der Waals surface area contributed by atoms with Gasteiger partial charge in [-0.3, -0.25) is 14.4 Å². The van der Waals surface area contributed by atoms with Crippen molar-refractivity contribution in [2.24, 2.45) is 11.3 Å². The second-order valence-electron chi connectivity index (χ2n) is 5.09. The first-order chi connectivity index (χ1) is 11.2. The molecule has 0 heterocycles. The van der Waals surface area contributed by atoms with Crippen LogP contribution in [-0.4, -0.2) is 44.3 Å². The van der Waals surface area contributed by atoms with Gasteiger partial charge in [0.1, 0.15) is 5.92 Å². The fraction of sp³-hybridized carbons (Fsp3) is 0.125. The zero-order chi connectivity index (χ0) is 18.1. The number of hydrogen-bond donors (Lipinski definition) is 4. The molecule has 0 saturated heterocycles. The van der Waals surface area contributed by atoms with Gasteiger partial charge in [-0.25, -0.2) is 4.79 Å². The van der Waals surface area contributed by atoms with Crippen molar-refractivity contribution in [3.05, 3.63) is 53.6 Å². The van der Waals surface area contributed by atoms with Crippen LogP contribution in [0.1, 0.15) is 15.9 Å². The van der Waals surface area contributed by atoms with Crippen LogP contribution in [-0.2, 0) is 14.4 Å². The average Bonchev–Trinajstić information content (AvgIpc) is 2.53. The van der Waals surface area contributed by atoms with Gasteiger partial charge in [0.25, 0.3) is 0 Å². The first-order valence-corrected chi connectivity index (χ1v) is 6.65. The van der Waals surface area contributed by atoms with E-state index in [2.05, 4.69) is 0 Å². The second-order valence-corrected chi connectivity index (χ2v) is 5.09. The highest BCUT2D eigenvalue weighted by molar-refractivity contribution is 6.15. The van der Waals surface area contributed by atoms with Gasteiger partial charge in [0.2, 0.25) is 5.41 Å². The summed E-state index contributed by atoms with van der Waals surface area (Å²) in [5, 5.41) is 37.4. The molecule has 0 fully saturated rings. The van der Waals surface area contributed by atoms with E-state index in [4.69, 9.17) is 5.11 Å². The van der Waals surface area contributed by atoms with Gasteiger partial charge in [-0.05, 0) is 23.3 Å². The third-order valence-corrected chi connectivity index (χ3v) is 3.82. The van der Waals surface area contributed by atoms with Crippen molar-refractivity contribution in [3.63, 3.8) is 0 Å². The highest BCUT2D eigenvalue weighted by atomic mass is 16.4. The standard InChI is InChI=1S/C16H12O8/c17-12(18)9-4-1-3-8(7-9)10-5-2-6-11(13(19)20)16(10,14(21)22)15(23)24/h1-7,11H,(H,17,18)(H,19,20)(H,21,22)(H,23,24). The first-order valence-electron chi connectivity index (χ1n) is 6.65. The fourth-order valence-electron chi connectivity index (χ4n) is 2.71. The summed E-state index contributed by atoms with van der Waals surface area (Å²) < 4.78 is 0. The number of carboxylic acid groups (broad SMARTS) is 4. The molecule has 0 spiro atoms. The van der Waals surface area contributed by atoms with Crippen LogP contribution in [0.3, 0.4) is 0 Å². The van der Waals surface area contributed by atoms with E-state index in [1.54, 1.807) is 0 Å². The molecule has 8 heteroatoms. The number of hydrogen-bond acceptors (Lipinski definition) is 4. The van der Waals surface area contributed by atoms with E-state index in [0.717, 1.165) is 12.1 Å². The van der Waals surface area contributed by atoms with Crippen molar-refractivity contribution in [2.75, 3.05) is 0 Å². The van der Waals surface area contributed by atoms with Crippen LogP contribution in [0.5, 0.6) is 0 Å². The van der Waals surface area contributed by atoms with Gasteiger partial charge in [0, 0.05) is 0 Å². The molecule has 24 heavy (non-hydrogen) atoms. The van der Waals surface area contributed by atoms with Gasteiger partial charge >= 0.3 is 23.9 Å². The summed E-state index contributed by atoms with van der Waals surface area (Å²) in [4.78, 5) is 46.1. The highest BCUT2D eigenvalue weighted by Gasteiger charge is 2.59. The van der Waals surface area contributed by atoms with Crippen molar-refractivity contribution < 1.29 is 39.6 Å². The van der Waals surface area contributed by atoms with E-state index >= 15 is 0 Å². The zero-order valence-electron chi connectivity index (χ0n) is 12.0. The van der Waals surface area contributed by atoms with Crippen LogP contribution < -0.4 is 0 Å². The van der Waals surface area contributed by atoms with Crippen molar-refractivity contribution in [1.82, 2.24) is 0 Å². The predicted octanol–water partition coefficient (Wildman–Crippen LogP) is 1.19. The molecule has 8 nitrogen and oxygen atoms in total. The Hall–Kier alpha value is -3.42. The van der Waals surface area contributed by atoms with Crippen molar-refractivity contribution in [3.8, 4) is 0 Å². The molecule has 4 N–H and O–H groups in total. The normalized spacial score (nSPS) is 18.5. The Bertz CT molecular complexity index is 788. The zero-order valence-corrected chi connectivity index (χ0v) is 12.0. The SMILES string of the molecule is O=C(O)c1cccc(C2=CC=CC(C(=O)O)C2(C(=O)O)C(=O)O)c1. The molecule has 1 aromatic carbocycles. The van der Waals surface area contributed by atoms with Crippen molar-refractivity contribution in [1.29, 1.82) is 0 Å². The molecule has 0 radical (unpaired) electrons. The van der Waals surface area contributed by atoms with E-state index in [1.807, 2.05) is 0 Å². The van der Waals surface area contributed by atoms with Gasteiger partial charge in [0.15, 0.2) is 0 Å². The molecule has 1 aliphatic rings. The van der Waals surface area contributed by atoms with E-state index in [0.29, 0.717) is 0 Å². The Morgan fingerprint density at radius 3 is 2.08 bits per heavy atom. The lowest BCUT2D eigenvalue weighted by molar-refractivity contribution is -0.168. The molecule has 2 rings (SSSR count). The number of aromatic carboxylic acids is 1. The van der Waals surface area contributed by atoms with Crippen molar-refractivity contribution >= 4 is 29.5 Å². The van der Waals surface area contributed by atoms with Gasteiger partial charge in [-0.2, -0.15) is 0 Å². The van der Waals surface area contributed by atoms with Crippen LogP contribution >= 0.6 is 0 Å². The molecule has 1 aromatic rings. The quantitative estimate of drug-likeness (QED) is 0.587. The van der Waals surface area contributed by atoms with Gasteiger partial charge in [-0.15, -0.1) is 0 Å². The van der Waals surface area contributed by atoms with Crippen molar-refractivity contribution in [2.45, 2.75) is 0 Å². The fourth-order valence-corrected chi connectivity index (χ4v) is 2.71. The molecule has 1 unspecified atom stereocenters. The van der Waals surface area contributed by atoms with E-state index in [-0.39, 0.29) is 16.7 Å². The van der Waals surface area contributed by atoms with Gasteiger partial charge in [-0.1, -0.05) is 30.4 Å². The first kappa shape index (κ1) is 16.9. The lowest BCUT2D eigenvalue weighted by Gasteiger charge is -2.33. The Morgan fingerprint density at radius 2 is 1.58 bits per heavy atom. The Balaban J connectivity index is 2.76. The summed E-state index contributed by atoms with van der Waals surface area (Å²) in [6.07, 6.45) is 3.39. The molecule has 0 saturated carbocycles. The van der Waals surface area contributed by atoms with E-state index in [1.165, 1.54) is 30.4 Å². The molecule has 124 valence electrons. The Labute approximate surface area is 135 Å². The molecule has 1 aliphatic carbocycles. The van der Waals surface area contributed by atoms with Gasteiger partial charge < -0.3 is 20.4 Å². The van der Waals surface area contributed by atoms with Crippen LogP contribution in [0, 0.1) is 11.3 Å². The van der Waals surface area contributed by atoms with Crippen LogP contribution in [0.25, 0.3) is 5.57 Å². The second kappa shape index (κ2) is 5.99. The van der Waals surface area contributed by atoms with E-state index < -0.39 is 35.2 Å². The van der Waals surface area contributed by atoms with Crippen LogP contribution in [0.15, 0.2) is 42.5 Å². The topological polar surface area (TPSA) is 149 Å². The smallest absolute Gasteiger partial charge is 0.335 e. The minimum Gasteiger partial charge on any atom is -0.481 e. The Morgan fingerprint density at radius 1 is 0.958 bits per heavy atom. The summed E-state index contributed by atoms with van der Waals surface area (Å²) in [5.41, 5.74) is -3.24. The number of carbonyl (C=O) groups is 4. The van der Waals surface area contributed by atoms with Gasteiger partial charge in [0.05, 0.1) is 5.56 Å². The summed E-state index contributed by atoms with van der Waals surface area (Å²) in [6, 6.07) is 5.01. The number of aliphatic carboxylic acids is 3. The largest absolute Gasteiger partial charge is 0.481 e. The summed E-state index contributed by atoms with van der Waals surface area (Å²) >= 11 is 0. The minimum absolute atomic E-state index is 0.00954. The summed E-state index contributed by atoms with van der Waals surface area (Å²) in [5.74, 6) is -8.44. The number of carboxylic acids is 4. The highest BCUT2D eigenvalue weighted by Crippen LogP contribution is 2.46. The lowest BCUT2D eigenvalue weighted by atomic mass is 9.65. The molecule has 0 amide bonds. The van der Waals surface area contributed by atoms with Crippen LogP contribution in [0.2, 0.25) is 0 Å². The average molecular weight is 332 g/mol. The Kier molecular flexibility index (Phi) is 4.23. The maximum Gasteiger partial charge on any atom is 0.335 e. The third-order valence-electron chi connectivity index (χ3n) is 3.82. The maximum absolute atomic E-state index is 11.8. The molecular formula is C16H12O8. The van der Waals surface area contributed by atoms with Crippen LogP contribution in [0.4, 0.5) is 0 Å². The minimum atomic E-state index is -2.77. The lowest BCUT2D eigenvalue weighted by Crippen LogP contribution is -2.49. The third kappa shape index (κ3) is 2.43. The molecule has 1 atom stereocenters. The molecule has 0 aliphatic heterocycles. The summed E-state index contributed by atoms with van der Waals surface area (Å²) in [7, 11) is 0. The maximum atomic E-state index is 11.8. The number of allylic oxidation sites excluding steroid dienone is 2. The van der Waals surface area contributed by atoms with E-state index in [9.17, 15) is 34.5 Å². The molecular weight excluding hydrogens is 320 g/mol. The molecule has 0 aromatic heterocycles. The predicted molar refractivity (Wildman–Crippen MR) is 79.3 cm³/mol. The summed E-state index contributed by atoms with van der Waals surface area (Å²) in [6.45, 7) is 0.